The minimum absolute atomic E-state index is 0.00414. The maximum absolute atomic E-state index is 12.2. The molecule has 116 valence electrons. The highest BCUT2D eigenvalue weighted by atomic mass is 35.5. The van der Waals surface area contributed by atoms with Crippen molar-refractivity contribution in [2.24, 2.45) is 0 Å². The Morgan fingerprint density at radius 3 is 2.68 bits per heavy atom. The van der Waals surface area contributed by atoms with Crippen molar-refractivity contribution >= 4 is 29.2 Å². The number of halogens is 1. The van der Waals surface area contributed by atoms with Crippen LogP contribution in [0.15, 0.2) is 30.5 Å². The smallest absolute Gasteiger partial charge is 0.337 e. The van der Waals surface area contributed by atoms with Gasteiger partial charge in [0.2, 0.25) is 5.91 Å². The first-order valence-electron chi connectivity index (χ1n) is 6.89. The van der Waals surface area contributed by atoms with E-state index in [2.05, 4.69) is 5.32 Å². The zero-order chi connectivity index (χ0) is 16.3. The molecule has 0 saturated carbocycles. The lowest BCUT2D eigenvalue weighted by Gasteiger charge is -2.09. The molecule has 0 aliphatic carbocycles. The van der Waals surface area contributed by atoms with Gasteiger partial charge in [0, 0.05) is 29.1 Å². The van der Waals surface area contributed by atoms with Crippen LogP contribution < -0.4 is 5.32 Å². The molecule has 0 aliphatic rings. The topological polar surface area (TPSA) is 71.3 Å². The molecule has 6 heteroatoms. The van der Waals surface area contributed by atoms with Crippen LogP contribution >= 0.6 is 11.6 Å². The first-order chi connectivity index (χ1) is 10.4. The average molecular weight is 321 g/mol. The Hall–Kier alpha value is -2.27. The summed E-state index contributed by atoms with van der Waals surface area (Å²) < 4.78 is 1.79. The molecule has 0 radical (unpaired) electrons. The standard InChI is InChI=1S/C16H17ClN2O3/c1-3-19-9-10(2)15(16(21)22)13(19)8-14(20)18-12-6-4-5-11(17)7-12/h4-7,9H,3,8H2,1-2H3,(H,18,20)(H,21,22). The second kappa shape index (κ2) is 6.66. The summed E-state index contributed by atoms with van der Waals surface area (Å²) in [6.45, 7) is 4.24. The second-order valence-electron chi connectivity index (χ2n) is 4.96. The molecule has 0 spiro atoms. The van der Waals surface area contributed by atoms with Crippen molar-refractivity contribution in [3.8, 4) is 0 Å². The van der Waals surface area contributed by atoms with Gasteiger partial charge < -0.3 is 15.0 Å². The molecule has 2 aromatic rings. The maximum atomic E-state index is 12.2. The zero-order valence-electron chi connectivity index (χ0n) is 12.4. The Kier molecular flexibility index (Phi) is 4.88. The van der Waals surface area contributed by atoms with E-state index >= 15 is 0 Å². The summed E-state index contributed by atoms with van der Waals surface area (Å²) in [6.07, 6.45) is 1.75. The number of amides is 1. The van der Waals surface area contributed by atoms with Gasteiger partial charge in [-0.05, 0) is 37.6 Å². The van der Waals surface area contributed by atoms with Crippen LogP contribution in [0.5, 0.6) is 0 Å². The molecular formula is C16H17ClN2O3. The van der Waals surface area contributed by atoms with E-state index in [0.717, 1.165) is 0 Å². The normalized spacial score (nSPS) is 10.5. The van der Waals surface area contributed by atoms with Gasteiger partial charge in [-0.25, -0.2) is 4.79 Å². The van der Waals surface area contributed by atoms with Crippen LogP contribution in [-0.2, 0) is 17.8 Å². The number of carbonyl (C=O) groups is 2. The van der Waals surface area contributed by atoms with Crippen LogP contribution in [0, 0.1) is 6.92 Å². The number of nitrogens with zero attached hydrogens (tertiary/aromatic N) is 1. The van der Waals surface area contributed by atoms with Crippen molar-refractivity contribution in [1.82, 2.24) is 4.57 Å². The SMILES string of the molecule is CCn1cc(C)c(C(=O)O)c1CC(=O)Nc1cccc(Cl)c1. The van der Waals surface area contributed by atoms with Crippen molar-refractivity contribution in [3.05, 3.63) is 52.3 Å². The van der Waals surface area contributed by atoms with Crippen LogP contribution in [0.2, 0.25) is 5.02 Å². The molecule has 22 heavy (non-hydrogen) atoms. The molecule has 0 fully saturated rings. The number of carboxylic acid groups (broad SMARTS) is 1. The van der Waals surface area contributed by atoms with E-state index in [1.807, 2.05) is 6.92 Å². The average Bonchev–Trinajstić information content (AvgIpc) is 2.74. The fourth-order valence-corrected chi connectivity index (χ4v) is 2.63. The van der Waals surface area contributed by atoms with E-state index in [-0.39, 0.29) is 17.9 Å². The van der Waals surface area contributed by atoms with E-state index in [0.29, 0.717) is 28.5 Å². The number of anilines is 1. The van der Waals surface area contributed by atoms with Crippen LogP contribution in [0.1, 0.15) is 28.5 Å². The Labute approximate surface area is 133 Å². The van der Waals surface area contributed by atoms with Crippen LogP contribution in [0.25, 0.3) is 0 Å². The van der Waals surface area contributed by atoms with Crippen molar-refractivity contribution in [3.63, 3.8) is 0 Å². The van der Waals surface area contributed by atoms with E-state index in [4.69, 9.17) is 11.6 Å². The largest absolute Gasteiger partial charge is 0.478 e. The third-order valence-corrected chi connectivity index (χ3v) is 3.61. The number of aromatic carboxylic acids is 1. The predicted molar refractivity (Wildman–Crippen MR) is 85.6 cm³/mol. The predicted octanol–water partition coefficient (Wildman–Crippen LogP) is 3.35. The molecular weight excluding hydrogens is 304 g/mol. The second-order valence-corrected chi connectivity index (χ2v) is 5.40. The molecule has 0 bridgehead atoms. The van der Waals surface area contributed by atoms with Gasteiger partial charge in [0.15, 0.2) is 0 Å². The van der Waals surface area contributed by atoms with Gasteiger partial charge in [-0.3, -0.25) is 4.79 Å². The third-order valence-electron chi connectivity index (χ3n) is 3.37. The van der Waals surface area contributed by atoms with E-state index in [1.165, 1.54) is 0 Å². The number of aromatic nitrogens is 1. The summed E-state index contributed by atoms with van der Waals surface area (Å²) in [6, 6.07) is 6.82. The lowest BCUT2D eigenvalue weighted by Crippen LogP contribution is -2.18. The molecule has 1 amide bonds. The highest BCUT2D eigenvalue weighted by Gasteiger charge is 2.20. The maximum Gasteiger partial charge on any atom is 0.337 e. The molecule has 1 heterocycles. The summed E-state index contributed by atoms with van der Waals surface area (Å²) in [7, 11) is 0. The van der Waals surface area contributed by atoms with Crippen LogP contribution in [0.3, 0.4) is 0 Å². The number of benzene rings is 1. The number of aryl methyl sites for hydroxylation is 2. The van der Waals surface area contributed by atoms with E-state index in [9.17, 15) is 14.7 Å². The number of carbonyl (C=O) groups excluding carboxylic acids is 1. The molecule has 2 rings (SSSR count). The van der Waals surface area contributed by atoms with Crippen LogP contribution in [-0.4, -0.2) is 21.6 Å². The zero-order valence-corrected chi connectivity index (χ0v) is 13.1. The summed E-state index contributed by atoms with van der Waals surface area (Å²) >= 11 is 5.87. The van der Waals surface area contributed by atoms with Gasteiger partial charge in [0.1, 0.15) is 0 Å². The van der Waals surface area contributed by atoms with Gasteiger partial charge in [-0.2, -0.15) is 0 Å². The molecule has 0 aliphatic heterocycles. The van der Waals surface area contributed by atoms with Gasteiger partial charge in [0.25, 0.3) is 0 Å². The van der Waals surface area contributed by atoms with Gasteiger partial charge in [0.05, 0.1) is 12.0 Å². The van der Waals surface area contributed by atoms with Crippen molar-refractivity contribution in [2.75, 3.05) is 5.32 Å². The Morgan fingerprint density at radius 2 is 2.09 bits per heavy atom. The highest BCUT2D eigenvalue weighted by Crippen LogP contribution is 2.19. The number of nitrogens with one attached hydrogen (secondary N) is 1. The van der Waals surface area contributed by atoms with E-state index in [1.54, 1.807) is 42.0 Å². The number of rotatable bonds is 5. The van der Waals surface area contributed by atoms with Gasteiger partial charge in [-0.15, -0.1) is 0 Å². The van der Waals surface area contributed by atoms with Crippen molar-refractivity contribution in [1.29, 1.82) is 0 Å². The fourth-order valence-electron chi connectivity index (χ4n) is 2.44. The highest BCUT2D eigenvalue weighted by molar-refractivity contribution is 6.30. The Balaban J connectivity index is 2.23. The van der Waals surface area contributed by atoms with Crippen molar-refractivity contribution in [2.45, 2.75) is 26.8 Å². The summed E-state index contributed by atoms with van der Waals surface area (Å²) in [5.41, 5.74) is 1.94. The summed E-state index contributed by atoms with van der Waals surface area (Å²) in [4.78, 5) is 23.6. The minimum Gasteiger partial charge on any atom is -0.478 e. The minimum atomic E-state index is -1.02. The number of carboxylic acids is 1. The molecule has 1 aromatic carbocycles. The molecule has 0 unspecified atom stereocenters. The molecule has 1 aromatic heterocycles. The quantitative estimate of drug-likeness (QED) is 0.887. The molecule has 0 atom stereocenters. The van der Waals surface area contributed by atoms with Gasteiger partial charge >= 0.3 is 5.97 Å². The fraction of sp³-hybridized carbons (Fsp3) is 0.250. The van der Waals surface area contributed by atoms with Gasteiger partial charge in [-0.1, -0.05) is 17.7 Å². The summed E-state index contributed by atoms with van der Waals surface area (Å²) in [5.74, 6) is -1.30. The summed E-state index contributed by atoms with van der Waals surface area (Å²) in [5, 5.41) is 12.6. The Bertz CT molecular complexity index is 722. The van der Waals surface area contributed by atoms with Crippen molar-refractivity contribution < 1.29 is 14.7 Å². The van der Waals surface area contributed by atoms with Crippen LogP contribution in [0.4, 0.5) is 5.69 Å². The first-order valence-corrected chi connectivity index (χ1v) is 7.27. The number of hydrogen-bond donors (Lipinski definition) is 2. The lowest BCUT2D eigenvalue weighted by atomic mass is 10.1. The third kappa shape index (κ3) is 3.49. The van der Waals surface area contributed by atoms with E-state index < -0.39 is 5.97 Å². The Morgan fingerprint density at radius 1 is 1.36 bits per heavy atom. The molecule has 5 nitrogen and oxygen atoms in total. The lowest BCUT2D eigenvalue weighted by molar-refractivity contribution is -0.115. The number of hydrogen-bond acceptors (Lipinski definition) is 2. The molecule has 2 N–H and O–H groups in total. The molecule has 0 saturated heterocycles. The monoisotopic (exact) mass is 320 g/mol. The first kappa shape index (κ1) is 16.1.